The van der Waals surface area contributed by atoms with Gasteiger partial charge in [0.2, 0.25) is 0 Å². The Morgan fingerprint density at radius 1 is 1.16 bits per heavy atom. The Morgan fingerprint density at radius 2 is 1.96 bits per heavy atom. The van der Waals surface area contributed by atoms with Gasteiger partial charge in [0.1, 0.15) is 5.56 Å². The van der Waals surface area contributed by atoms with Gasteiger partial charge in [-0.25, -0.2) is 9.50 Å². The highest BCUT2D eigenvalue weighted by atomic mass is 16.2. The molecule has 0 saturated carbocycles. The fraction of sp³-hybridized carbons (Fsp3) is 0.250. The number of amides is 1. The van der Waals surface area contributed by atoms with Gasteiger partial charge in [-0.1, -0.05) is 36.4 Å². The molecule has 1 aliphatic rings. The van der Waals surface area contributed by atoms with Crippen LogP contribution in [0.4, 0.5) is 0 Å². The van der Waals surface area contributed by atoms with E-state index in [2.05, 4.69) is 28.3 Å². The minimum atomic E-state index is -0.00383. The molecule has 0 bridgehead atoms. The van der Waals surface area contributed by atoms with Crippen molar-refractivity contribution in [3.05, 3.63) is 71.2 Å². The van der Waals surface area contributed by atoms with E-state index in [0.717, 1.165) is 17.8 Å². The predicted octanol–water partition coefficient (Wildman–Crippen LogP) is 3.28. The summed E-state index contributed by atoms with van der Waals surface area (Å²) >= 11 is 0. The molecule has 4 rings (SSSR count). The molecule has 2 aromatic heterocycles. The van der Waals surface area contributed by atoms with E-state index in [9.17, 15) is 4.79 Å². The third-order valence-electron chi connectivity index (χ3n) is 4.65. The Kier molecular flexibility index (Phi) is 3.84. The van der Waals surface area contributed by atoms with Crippen LogP contribution in [0.25, 0.3) is 11.2 Å². The van der Waals surface area contributed by atoms with Gasteiger partial charge in [0.25, 0.3) is 5.91 Å². The normalized spacial score (nSPS) is 14.6. The minimum Gasteiger partial charge on any atom is -0.334 e. The van der Waals surface area contributed by atoms with Gasteiger partial charge in [0.15, 0.2) is 5.65 Å². The number of fused-ring (bicyclic) bond motifs is 1. The SMILES string of the molecule is Cc1cc(C)n2ncc(C(=O)N3CC=C(c4ccccc4)CC3)c2n1. The first-order chi connectivity index (χ1) is 12.1. The zero-order valence-corrected chi connectivity index (χ0v) is 14.4. The molecular formula is C20H20N4O. The zero-order valence-electron chi connectivity index (χ0n) is 14.4. The Bertz CT molecular complexity index is 972. The van der Waals surface area contributed by atoms with Crippen LogP contribution in [0.5, 0.6) is 0 Å². The van der Waals surface area contributed by atoms with Gasteiger partial charge in [-0.2, -0.15) is 5.10 Å². The minimum absolute atomic E-state index is 0.00383. The number of carbonyl (C=O) groups excluding carboxylic acids is 1. The summed E-state index contributed by atoms with van der Waals surface area (Å²) in [4.78, 5) is 19.3. The van der Waals surface area contributed by atoms with E-state index < -0.39 is 0 Å². The summed E-state index contributed by atoms with van der Waals surface area (Å²) in [6.45, 7) is 5.23. The first-order valence-electron chi connectivity index (χ1n) is 8.49. The van der Waals surface area contributed by atoms with Crippen molar-refractivity contribution in [2.75, 3.05) is 13.1 Å². The smallest absolute Gasteiger partial charge is 0.259 e. The Morgan fingerprint density at radius 3 is 2.68 bits per heavy atom. The summed E-state index contributed by atoms with van der Waals surface area (Å²) in [6.07, 6.45) is 4.64. The Labute approximate surface area is 146 Å². The molecule has 1 amide bonds. The van der Waals surface area contributed by atoms with Crippen molar-refractivity contribution in [3.8, 4) is 0 Å². The molecule has 0 fully saturated rings. The average molecular weight is 332 g/mol. The van der Waals surface area contributed by atoms with Gasteiger partial charge in [0.05, 0.1) is 6.20 Å². The van der Waals surface area contributed by atoms with Gasteiger partial charge >= 0.3 is 0 Å². The summed E-state index contributed by atoms with van der Waals surface area (Å²) in [6, 6.07) is 12.3. The van der Waals surface area contributed by atoms with E-state index in [1.807, 2.05) is 43.0 Å². The Balaban J connectivity index is 1.60. The highest BCUT2D eigenvalue weighted by Gasteiger charge is 2.23. The summed E-state index contributed by atoms with van der Waals surface area (Å²) in [5.74, 6) is -0.00383. The van der Waals surface area contributed by atoms with Gasteiger partial charge in [-0.15, -0.1) is 0 Å². The van der Waals surface area contributed by atoms with Crippen molar-refractivity contribution < 1.29 is 4.79 Å². The second-order valence-electron chi connectivity index (χ2n) is 6.43. The van der Waals surface area contributed by atoms with Gasteiger partial charge < -0.3 is 4.90 Å². The van der Waals surface area contributed by atoms with Crippen LogP contribution in [-0.4, -0.2) is 38.5 Å². The van der Waals surface area contributed by atoms with Gasteiger partial charge in [0, 0.05) is 24.5 Å². The average Bonchev–Trinajstić information content (AvgIpc) is 3.06. The van der Waals surface area contributed by atoms with Crippen LogP contribution in [0.15, 0.2) is 48.7 Å². The molecule has 3 heterocycles. The van der Waals surface area contributed by atoms with Crippen LogP contribution in [0.1, 0.15) is 33.7 Å². The van der Waals surface area contributed by atoms with Crippen LogP contribution >= 0.6 is 0 Å². The molecule has 0 radical (unpaired) electrons. The van der Waals surface area contributed by atoms with Crippen molar-refractivity contribution in [1.29, 1.82) is 0 Å². The monoisotopic (exact) mass is 332 g/mol. The maximum atomic E-state index is 12.9. The van der Waals surface area contributed by atoms with Crippen LogP contribution < -0.4 is 0 Å². The first-order valence-corrected chi connectivity index (χ1v) is 8.49. The van der Waals surface area contributed by atoms with E-state index in [-0.39, 0.29) is 5.91 Å². The second kappa shape index (κ2) is 6.16. The lowest BCUT2D eigenvalue weighted by Gasteiger charge is -2.26. The van der Waals surface area contributed by atoms with E-state index in [1.165, 1.54) is 11.1 Å². The van der Waals surface area contributed by atoms with Gasteiger partial charge in [-0.3, -0.25) is 4.79 Å². The third kappa shape index (κ3) is 2.82. The fourth-order valence-electron chi connectivity index (χ4n) is 3.36. The van der Waals surface area contributed by atoms with E-state index >= 15 is 0 Å². The molecule has 3 aromatic rings. The summed E-state index contributed by atoms with van der Waals surface area (Å²) in [5, 5.41) is 4.33. The number of rotatable bonds is 2. The third-order valence-corrected chi connectivity index (χ3v) is 4.65. The molecule has 5 heteroatoms. The zero-order chi connectivity index (χ0) is 17.4. The molecule has 25 heavy (non-hydrogen) atoms. The first kappa shape index (κ1) is 15.6. The van der Waals surface area contributed by atoms with Crippen molar-refractivity contribution in [1.82, 2.24) is 19.5 Å². The van der Waals surface area contributed by atoms with E-state index in [1.54, 1.807) is 10.7 Å². The molecule has 0 saturated heterocycles. The van der Waals surface area contributed by atoms with Crippen molar-refractivity contribution in [3.63, 3.8) is 0 Å². The molecular weight excluding hydrogens is 312 g/mol. The molecule has 0 unspecified atom stereocenters. The van der Waals surface area contributed by atoms with Crippen LogP contribution in [0.2, 0.25) is 0 Å². The number of hydrogen-bond donors (Lipinski definition) is 0. The second-order valence-corrected chi connectivity index (χ2v) is 6.43. The standard InChI is InChI=1S/C20H20N4O/c1-14-12-15(2)24-19(22-14)18(13-21-24)20(25)23-10-8-17(9-11-23)16-6-4-3-5-7-16/h3-8,12-13H,9-11H2,1-2H3. The topological polar surface area (TPSA) is 50.5 Å². The lowest BCUT2D eigenvalue weighted by atomic mass is 9.99. The molecule has 0 atom stereocenters. The maximum Gasteiger partial charge on any atom is 0.259 e. The van der Waals surface area contributed by atoms with Crippen LogP contribution in [0.3, 0.4) is 0 Å². The van der Waals surface area contributed by atoms with Gasteiger partial charge in [-0.05, 0) is 37.5 Å². The molecule has 126 valence electrons. The lowest BCUT2D eigenvalue weighted by molar-refractivity contribution is 0.0774. The maximum absolute atomic E-state index is 12.9. The summed E-state index contributed by atoms with van der Waals surface area (Å²) < 4.78 is 1.73. The van der Waals surface area contributed by atoms with E-state index in [0.29, 0.717) is 24.3 Å². The highest BCUT2D eigenvalue weighted by molar-refractivity contribution is 6.00. The predicted molar refractivity (Wildman–Crippen MR) is 97.4 cm³/mol. The van der Waals surface area contributed by atoms with Crippen molar-refractivity contribution >= 4 is 17.1 Å². The number of hydrogen-bond acceptors (Lipinski definition) is 3. The quantitative estimate of drug-likeness (QED) is 0.724. The lowest BCUT2D eigenvalue weighted by Crippen LogP contribution is -2.34. The number of aromatic nitrogens is 3. The molecule has 1 aliphatic heterocycles. The number of nitrogens with zero attached hydrogens (tertiary/aromatic N) is 4. The molecule has 1 aromatic carbocycles. The molecule has 5 nitrogen and oxygen atoms in total. The van der Waals surface area contributed by atoms with Crippen molar-refractivity contribution in [2.24, 2.45) is 0 Å². The fourth-order valence-corrected chi connectivity index (χ4v) is 3.36. The molecule has 0 spiro atoms. The number of benzene rings is 1. The summed E-state index contributed by atoms with van der Waals surface area (Å²) in [7, 11) is 0. The van der Waals surface area contributed by atoms with E-state index in [4.69, 9.17) is 0 Å². The molecule has 0 N–H and O–H groups in total. The van der Waals surface area contributed by atoms with Crippen molar-refractivity contribution in [2.45, 2.75) is 20.3 Å². The Hall–Kier alpha value is -2.95. The number of carbonyl (C=O) groups is 1. The van der Waals surface area contributed by atoms with Crippen LogP contribution in [-0.2, 0) is 0 Å². The largest absolute Gasteiger partial charge is 0.334 e. The molecule has 0 aliphatic carbocycles. The van der Waals surface area contributed by atoms with Crippen LogP contribution in [0, 0.1) is 13.8 Å². The highest BCUT2D eigenvalue weighted by Crippen LogP contribution is 2.23. The summed E-state index contributed by atoms with van der Waals surface area (Å²) in [5.41, 5.74) is 5.62. The number of aryl methyl sites for hydroxylation is 2.